The number of nitrogens with zero attached hydrogens (tertiary/aromatic N) is 3. The summed E-state index contributed by atoms with van der Waals surface area (Å²) in [5.74, 6) is 0.607. The zero-order chi connectivity index (χ0) is 35.9. The van der Waals surface area contributed by atoms with Crippen molar-refractivity contribution >= 4 is 46.6 Å². The fourth-order valence-electron chi connectivity index (χ4n) is 6.09. The van der Waals surface area contributed by atoms with E-state index >= 15 is 0 Å². The van der Waals surface area contributed by atoms with Crippen LogP contribution >= 0.6 is 23.2 Å². The Hall–Kier alpha value is -4.82. The third-order valence-electron chi connectivity index (χ3n) is 8.78. The van der Waals surface area contributed by atoms with Crippen LogP contribution < -0.4 is 36.1 Å². The Bertz CT molecular complexity index is 1940. The first kappa shape index (κ1) is 36.0. The summed E-state index contributed by atoms with van der Waals surface area (Å²) in [6, 6.07) is 12.5. The molecule has 0 aliphatic carbocycles. The van der Waals surface area contributed by atoms with Gasteiger partial charge in [0, 0.05) is 91.8 Å². The van der Waals surface area contributed by atoms with Crippen LogP contribution in [0.25, 0.3) is 22.5 Å². The van der Waals surface area contributed by atoms with Crippen LogP contribution in [0, 0.1) is 0 Å². The van der Waals surface area contributed by atoms with Crippen LogP contribution in [0.5, 0.6) is 11.6 Å². The summed E-state index contributed by atoms with van der Waals surface area (Å²) in [5.41, 5.74) is 4.25. The maximum atomic E-state index is 13.3. The average Bonchev–Trinajstić information content (AvgIpc) is 3.76. The largest absolute Gasteiger partial charge is 0.496 e. The van der Waals surface area contributed by atoms with Gasteiger partial charge in [0.1, 0.15) is 11.4 Å². The summed E-state index contributed by atoms with van der Waals surface area (Å²) in [7, 11) is 3.09. The lowest BCUT2D eigenvalue weighted by molar-refractivity contribution is -0.120. The molecule has 266 valence electrons. The van der Waals surface area contributed by atoms with Gasteiger partial charge in [0.15, 0.2) is 0 Å². The molecule has 3 amide bonds. The van der Waals surface area contributed by atoms with Crippen LogP contribution in [0.4, 0.5) is 5.69 Å². The number of benzene rings is 1. The molecule has 2 saturated heterocycles. The maximum absolute atomic E-state index is 13.3. The van der Waals surface area contributed by atoms with Gasteiger partial charge >= 0.3 is 0 Å². The molecule has 0 unspecified atom stereocenters. The molecule has 0 radical (unpaired) electrons. The van der Waals surface area contributed by atoms with Gasteiger partial charge in [0.2, 0.25) is 17.7 Å². The Morgan fingerprint density at radius 3 is 2.22 bits per heavy atom. The fourth-order valence-corrected chi connectivity index (χ4v) is 6.67. The topological polar surface area (TPSA) is 168 Å². The number of rotatable bonds is 14. The van der Waals surface area contributed by atoms with Gasteiger partial charge < -0.3 is 36.1 Å². The van der Waals surface area contributed by atoms with E-state index in [2.05, 4.69) is 36.6 Å². The number of hydrogen-bond acceptors (Lipinski definition) is 10. The summed E-state index contributed by atoms with van der Waals surface area (Å²) < 4.78 is 11.1. The molecule has 3 aromatic heterocycles. The maximum Gasteiger partial charge on any atom is 0.274 e. The second kappa shape index (κ2) is 16.5. The molecule has 6 rings (SSSR count). The van der Waals surface area contributed by atoms with E-state index in [1.54, 1.807) is 49.8 Å². The molecule has 5 heterocycles. The average molecular weight is 734 g/mol. The highest BCUT2D eigenvalue weighted by Crippen LogP contribution is 2.40. The standard InChI is InChI=1S/C36H38Cl2N8O5/c1-50-29-14-28(42-17-21(29)16-40-19-23-8-11-31(48)44-23)35(49)45-27-5-3-4-25(32(27)37)34-33(38)24(12-13-41-34)26-9-6-20(36(46-26)51-2)15-39-18-22-7-10-30(47)43-22/h3-6,9,12-14,17,22-23,39-40H,7-8,10-11,15-16,18-19H2,1-2H3,(H,43,47)(H,44,48)(H,45,49)/t22-,23-/m0/s1. The molecular formula is C36H38Cl2N8O5. The Labute approximate surface area is 305 Å². The predicted molar refractivity (Wildman–Crippen MR) is 194 cm³/mol. The van der Waals surface area contributed by atoms with Crippen molar-refractivity contribution in [1.82, 2.24) is 36.2 Å². The second-order valence-electron chi connectivity index (χ2n) is 12.3. The van der Waals surface area contributed by atoms with Crippen molar-refractivity contribution in [1.29, 1.82) is 0 Å². The lowest BCUT2D eigenvalue weighted by atomic mass is 10.1. The molecule has 2 fully saturated rings. The first-order valence-electron chi connectivity index (χ1n) is 16.6. The number of carbonyl (C=O) groups excluding carboxylic acids is 3. The molecular weight excluding hydrogens is 695 g/mol. The third kappa shape index (κ3) is 8.56. The number of aromatic nitrogens is 3. The molecule has 15 heteroatoms. The molecule has 4 aromatic rings. The number of methoxy groups -OCH3 is 2. The van der Waals surface area contributed by atoms with Crippen LogP contribution in [0.3, 0.4) is 0 Å². The third-order valence-corrected chi connectivity index (χ3v) is 9.57. The molecule has 1 aromatic carbocycles. The minimum atomic E-state index is -0.479. The van der Waals surface area contributed by atoms with Gasteiger partial charge in [0.25, 0.3) is 5.91 Å². The van der Waals surface area contributed by atoms with E-state index in [4.69, 9.17) is 37.7 Å². The van der Waals surface area contributed by atoms with Crippen molar-refractivity contribution in [3.05, 3.63) is 81.7 Å². The van der Waals surface area contributed by atoms with Gasteiger partial charge in [-0.25, -0.2) is 4.98 Å². The highest BCUT2D eigenvalue weighted by molar-refractivity contribution is 6.39. The van der Waals surface area contributed by atoms with Gasteiger partial charge in [-0.3, -0.25) is 24.4 Å². The van der Waals surface area contributed by atoms with Gasteiger partial charge in [-0.1, -0.05) is 41.4 Å². The summed E-state index contributed by atoms with van der Waals surface area (Å²) in [5, 5.41) is 16.0. The van der Waals surface area contributed by atoms with E-state index in [9.17, 15) is 14.4 Å². The van der Waals surface area contributed by atoms with Crippen molar-refractivity contribution < 1.29 is 23.9 Å². The zero-order valence-electron chi connectivity index (χ0n) is 28.1. The number of hydrogen-bond donors (Lipinski definition) is 5. The number of nitrogens with one attached hydrogen (secondary N) is 5. The molecule has 0 bridgehead atoms. The van der Waals surface area contributed by atoms with E-state index < -0.39 is 5.91 Å². The summed E-state index contributed by atoms with van der Waals surface area (Å²) in [6.07, 6.45) is 5.90. The Balaban J connectivity index is 1.15. The van der Waals surface area contributed by atoms with E-state index in [1.165, 1.54) is 7.11 Å². The summed E-state index contributed by atoms with van der Waals surface area (Å²) in [4.78, 5) is 49.9. The van der Waals surface area contributed by atoms with E-state index in [0.29, 0.717) is 83.9 Å². The Morgan fingerprint density at radius 1 is 0.863 bits per heavy atom. The molecule has 0 spiro atoms. The highest BCUT2D eigenvalue weighted by Gasteiger charge is 2.23. The van der Waals surface area contributed by atoms with Crippen molar-refractivity contribution in [2.75, 3.05) is 32.6 Å². The summed E-state index contributed by atoms with van der Waals surface area (Å²) >= 11 is 13.8. The van der Waals surface area contributed by atoms with E-state index in [1.807, 2.05) is 12.1 Å². The molecule has 2 atom stereocenters. The second-order valence-corrected chi connectivity index (χ2v) is 13.0. The smallest absolute Gasteiger partial charge is 0.274 e. The number of halogens is 2. The number of amides is 3. The van der Waals surface area contributed by atoms with Crippen molar-refractivity contribution in [3.8, 4) is 34.1 Å². The van der Waals surface area contributed by atoms with Crippen LogP contribution in [0.15, 0.2) is 54.9 Å². The predicted octanol–water partition coefficient (Wildman–Crippen LogP) is 4.52. The number of pyridine rings is 3. The van der Waals surface area contributed by atoms with Crippen LogP contribution in [0.2, 0.25) is 10.0 Å². The van der Waals surface area contributed by atoms with Gasteiger partial charge in [-0.2, -0.15) is 0 Å². The lowest BCUT2D eigenvalue weighted by Crippen LogP contribution is -2.35. The van der Waals surface area contributed by atoms with Gasteiger partial charge in [-0.05, 0) is 31.0 Å². The van der Waals surface area contributed by atoms with E-state index in [0.717, 1.165) is 24.0 Å². The number of ether oxygens (including phenoxy) is 2. The SMILES string of the molecule is COc1cc(C(=O)Nc2cccc(-c3nccc(-c4ccc(CNC[C@@H]5CCC(=O)N5)c(OC)n4)c3Cl)c2Cl)ncc1CNC[C@@H]1CCC(=O)N1. The minimum Gasteiger partial charge on any atom is -0.496 e. The lowest BCUT2D eigenvalue weighted by Gasteiger charge is -2.15. The molecule has 5 N–H and O–H groups in total. The number of carbonyl (C=O) groups is 3. The molecule has 0 saturated carbocycles. The zero-order valence-corrected chi connectivity index (χ0v) is 29.7. The first-order chi connectivity index (χ1) is 24.7. The summed E-state index contributed by atoms with van der Waals surface area (Å²) in [6.45, 7) is 2.23. The molecule has 13 nitrogen and oxygen atoms in total. The fraction of sp³-hybridized carbons (Fsp3) is 0.333. The first-order valence-corrected chi connectivity index (χ1v) is 17.3. The Morgan fingerprint density at radius 2 is 1.57 bits per heavy atom. The minimum absolute atomic E-state index is 0.0631. The van der Waals surface area contributed by atoms with Crippen molar-refractivity contribution in [3.63, 3.8) is 0 Å². The van der Waals surface area contributed by atoms with Crippen molar-refractivity contribution in [2.24, 2.45) is 0 Å². The Kier molecular flexibility index (Phi) is 11.6. The number of anilines is 1. The van der Waals surface area contributed by atoms with Crippen molar-refractivity contribution in [2.45, 2.75) is 50.9 Å². The normalized spacial score (nSPS) is 16.9. The van der Waals surface area contributed by atoms with Crippen LogP contribution in [-0.2, 0) is 22.7 Å². The molecule has 2 aliphatic rings. The monoisotopic (exact) mass is 732 g/mol. The highest BCUT2D eigenvalue weighted by atomic mass is 35.5. The van der Waals surface area contributed by atoms with Crippen LogP contribution in [0.1, 0.15) is 47.3 Å². The van der Waals surface area contributed by atoms with E-state index in [-0.39, 0.29) is 34.6 Å². The van der Waals surface area contributed by atoms with Gasteiger partial charge in [0.05, 0.1) is 41.3 Å². The quantitative estimate of drug-likeness (QED) is 0.124. The molecule has 51 heavy (non-hydrogen) atoms. The van der Waals surface area contributed by atoms with Crippen LogP contribution in [-0.4, -0.2) is 72.1 Å². The molecule has 2 aliphatic heterocycles. The van der Waals surface area contributed by atoms with Gasteiger partial charge in [-0.15, -0.1) is 0 Å².